The van der Waals surface area contributed by atoms with Gasteiger partial charge in [0.05, 0.1) is 34.3 Å². The van der Waals surface area contributed by atoms with Gasteiger partial charge in [0.2, 0.25) is 0 Å². The van der Waals surface area contributed by atoms with E-state index in [1.54, 1.807) is 19.9 Å². The number of nitrogens with zero attached hydrogens (tertiary/aromatic N) is 1. The van der Waals surface area contributed by atoms with Crippen LogP contribution in [0.3, 0.4) is 0 Å². The Labute approximate surface area is 184 Å². The first-order valence-corrected chi connectivity index (χ1v) is 11.0. The van der Waals surface area contributed by atoms with Crippen LogP contribution >= 0.6 is 11.3 Å². The quantitative estimate of drug-likeness (QED) is 0.600. The Hall–Kier alpha value is -2.39. The number of likely N-dealkylation sites (N-methyl/N-ethyl adjacent to an activating group) is 1. The summed E-state index contributed by atoms with van der Waals surface area (Å²) >= 11 is 1.13. The Morgan fingerprint density at radius 2 is 1.84 bits per heavy atom. The van der Waals surface area contributed by atoms with Crippen LogP contribution in [0.25, 0.3) is 0 Å². The molecule has 0 bridgehead atoms. The summed E-state index contributed by atoms with van der Waals surface area (Å²) in [4.78, 5) is 41.3. The van der Waals surface area contributed by atoms with E-state index >= 15 is 0 Å². The Bertz CT molecular complexity index is 1120. The number of phenolic OH excluding ortho intramolecular Hbond substituents is 1. The largest absolute Gasteiger partial charge is 0.507 e. The molecular weight excluding hydrogens is 418 g/mol. The van der Waals surface area contributed by atoms with Crippen molar-refractivity contribution in [2.24, 2.45) is 0 Å². The lowest BCUT2D eigenvalue weighted by Gasteiger charge is -2.41. The summed E-state index contributed by atoms with van der Waals surface area (Å²) in [5, 5.41) is 21.5. The monoisotopic (exact) mass is 443 g/mol. The summed E-state index contributed by atoms with van der Waals surface area (Å²) < 4.78 is 5.95. The molecule has 0 spiro atoms. The zero-order valence-electron chi connectivity index (χ0n) is 18.1. The highest BCUT2D eigenvalue weighted by molar-refractivity contribution is 7.15. The van der Waals surface area contributed by atoms with E-state index in [1.807, 2.05) is 19.0 Å². The van der Waals surface area contributed by atoms with Crippen molar-refractivity contribution in [3.63, 3.8) is 0 Å². The first-order chi connectivity index (χ1) is 14.5. The molecule has 2 N–H and O–H groups in total. The van der Waals surface area contributed by atoms with Crippen LogP contribution in [-0.4, -0.2) is 64.8 Å². The summed E-state index contributed by atoms with van der Waals surface area (Å²) in [6, 6.07) is 2.93. The second kappa shape index (κ2) is 7.63. The van der Waals surface area contributed by atoms with Gasteiger partial charge in [0.1, 0.15) is 5.75 Å². The minimum Gasteiger partial charge on any atom is -0.507 e. The normalized spacial score (nSPS) is 25.5. The van der Waals surface area contributed by atoms with Crippen LogP contribution in [-0.2, 0) is 4.74 Å². The number of carbonyl (C=O) groups is 3. The van der Waals surface area contributed by atoms with Gasteiger partial charge in [0.15, 0.2) is 17.3 Å². The number of hydrogen-bond acceptors (Lipinski definition) is 8. The predicted octanol–water partition coefficient (Wildman–Crippen LogP) is 2.88. The van der Waals surface area contributed by atoms with Crippen LogP contribution in [0.5, 0.6) is 5.75 Å². The van der Waals surface area contributed by atoms with Gasteiger partial charge in [-0.2, -0.15) is 0 Å². The molecule has 1 aromatic carbocycles. The molecule has 0 saturated carbocycles. The Balaban J connectivity index is 1.82. The molecule has 8 heteroatoms. The number of phenols is 1. The van der Waals surface area contributed by atoms with Crippen LogP contribution in [0.4, 0.5) is 0 Å². The summed E-state index contributed by atoms with van der Waals surface area (Å²) in [7, 11) is 3.73. The molecule has 164 valence electrons. The number of aromatic hydroxyl groups is 1. The van der Waals surface area contributed by atoms with Crippen molar-refractivity contribution in [2.45, 2.75) is 51.5 Å². The molecule has 0 unspecified atom stereocenters. The van der Waals surface area contributed by atoms with Crippen molar-refractivity contribution < 1.29 is 29.3 Å². The Kier molecular flexibility index (Phi) is 5.37. The maximum Gasteiger partial charge on any atom is 0.199 e. The molecule has 1 aromatic heterocycles. The van der Waals surface area contributed by atoms with Crippen LogP contribution < -0.4 is 0 Å². The number of benzene rings is 1. The number of hydrogen-bond donors (Lipinski definition) is 2. The number of aliphatic hydroxyl groups excluding tert-OH is 1. The molecule has 0 radical (unpaired) electrons. The van der Waals surface area contributed by atoms with Crippen molar-refractivity contribution in [1.82, 2.24) is 4.90 Å². The number of carbonyl (C=O) groups excluding carboxylic acids is 3. The molecule has 2 aliphatic rings. The molecule has 31 heavy (non-hydrogen) atoms. The molecule has 0 amide bonds. The first kappa shape index (κ1) is 21.8. The number of ether oxygens (including phenoxy) is 1. The SMILES string of the molecule is CC(=O)c1sc(C)c2c1C(=O)c1ccc([C@H]3C[C@@H](N(C)C)[C@H](O)[C@@H](C)O3)c(O)c1C2=O. The molecular formula is C23H25NO6S. The van der Waals surface area contributed by atoms with E-state index in [4.69, 9.17) is 4.74 Å². The molecule has 1 saturated heterocycles. The van der Waals surface area contributed by atoms with Crippen LogP contribution in [0, 0.1) is 6.92 Å². The molecule has 1 aliphatic carbocycles. The first-order valence-electron chi connectivity index (χ1n) is 10.1. The maximum atomic E-state index is 13.3. The van der Waals surface area contributed by atoms with E-state index in [9.17, 15) is 24.6 Å². The second-order valence-corrected chi connectivity index (χ2v) is 9.69. The predicted molar refractivity (Wildman–Crippen MR) is 115 cm³/mol. The van der Waals surface area contributed by atoms with E-state index in [0.29, 0.717) is 16.9 Å². The third-order valence-electron chi connectivity index (χ3n) is 6.26. The summed E-state index contributed by atoms with van der Waals surface area (Å²) in [5.41, 5.74) is 0.785. The number of thiophene rings is 1. The van der Waals surface area contributed by atoms with Crippen molar-refractivity contribution in [3.8, 4) is 5.75 Å². The van der Waals surface area contributed by atoms with E-state index < -0.39 is 29.9 Å². The third-order valence-corrected chi connectivity index (χ3v) is 7.46. The molecule has 7 nitrogen and oxygen atoms in total. The Morgan fingerprint density at radius 1 is 1.16 bits per heavy atom. The third kappa shape index (κ3) is 3.25. The number of ketones is 3. The molecule has 4 rings (SSSR count). The van der Waals surface area contributed by atoms with Gasteiger partial charge in [-0.1, -0.05) is 6.07 Å². The van der Waals surface area contributed by atoms with Crippen LogP contribution in [0.2, 0.25) is 0 Å². The second-order valence-electron chi connectivity index (χ2n) is 8.46. The lowest BCUT2D eigenvalue weighted by atomic mass is 9.81. The van der Waals surface area contributed by atoms with Crippen molar-refractivity contribution in [1.29, 1.82) is 0 Å². The number of aryl methyl sites for hydroxylation is 1. The minimum absolute atomic E-state index is 0.0465. The smallest absolute Gasteiger partial charge is 0.199 e. The van der Waals surface area contributed by atoms with Gasteiger partial charge in [-0.05, 0) is 47.4 Å². The van der Waals surface area contributed by atoms with E-state index in [-0.39, 0.29) is 44.7 Å². The summed E-state index contributed by atoms with van der Waals surface area (Å²) in [6.07, 6.45) is -1.28. The highest BCUT2D eigenvalue weighted by atomic mass is 32.1. The lowest BCUT2D eigenvalue weighted by molar-refractivity contribution is -0.142. The standard InChI is InChI=1S/C23H25NO6S/c1-9(25)23-18-16(11(3)31-23)22(29)17-13(21(18)28)7-6-12(20(17)27)15-8-14(24(4)5)19(26)10(2)30-15/h6-7,10,14-15,19,26-27H,8H2,1-5H3/t10-,14-,15-,19-/m1/s1. The Morgan fingerprint density at radius 3 is 2.45 bits per heavy atom. The average Bonchev–Trinajstić information content (AvgIpc) is 3.06. The molecule has 2 heterocycles. The molecule has 1 fully saturated rings. The van der Waals surface area contributed by atoms with E-state index in [2.05, 4.69) is 0 Å². The number of rotatable bonds is 3. The van der Waals surface area contributed by atoms with Gasteiger partial charge in [-0.3, -0.25) is 14.4 Å². The molecule has 1 aliphatic heterocycles. The van der Waals surface area contributed by atoms with Gasteiger partial charge in [0, 0.05) is 27.6 Å². The van der Waals surface area contributed by atoms with Gasteiger partial charge in [0.25, 0.3) is 0 Å². The van der Waals surface area contributed by atoms with Crippen molar-refractivity contribution >= 4 is 28.7 Å². The summed E-state index contributed by atoms with van der Waals surface area (Å²) in [5.74, 6) is -1.43. The minimum atomic E-state index is -0.685. The highest BCUT2D eigenvalue weighted by Crippen LogP contribution is 2.44. The fourth-order valence-electron chi connectivity index (χ4n) is 4.61. The average molecular weight is 444 g/mol. The van der Waals surface area contributed by atoms with Gasteiger partial charge >= 0.3 is 0 Å². The molecule has 4 atom stereocenters. The zero-order chi connectivity index (χ0) is 22.8. The fraction of sp³-hybridized carbons (Fsp3) is 0.435. The van der Waals surface area contributed by atoms with Gasteiger partial charge < -0.3 is 19.8 Å². The van der Waals surface area contributed by atoms with Crippen LogP contribution in [0.1, 0.15) is 78.3 Å². The topological polar surface area (TPSA) is 104 Å². The highest BCUT2D eigenvalue weighted by Gasteiger charge is 2.41. The zero-order valence-corrected chi connectivity index (χ0v) is 18.9. The van der Waals surface area contributed by atoms with Crippen molar-refractivity contribution in [2.75, 3.05) is 14.1 Å². The van der Waals surface area contributed by atoms with Crippen LogP contribution in [0.15, 0.2) is 12.1 Å². The van der Waals surface area contributed by atoms with Gasteiger partial charge in [-0.15, -0.1) is 11.3 Å². The lowest BCUT2D eigenvalue weighted by Crippen LogP contribution is -2.50. The maximum absolute atomic E-state index is 13.3. The molecule has 2 aromatic rings. The van der Waals surface area contributed by atoms with E-state index in [0.717, 1.165) is 11.3 Å². The fourth-order valence-corrected chi connectivity index (χ4v) is 5.66. The summed E-state index contributed by atoms with van der Waals surface area (Å²) in [6.45, 7) is 4.83. The number of aliphatic hydroxyl groups is 1. The van der Waals surface area contributed by atoms with E-state index in [1.165, 1.54) is 13.0 Å². The number of fused-ring (bicyclic) bond motifs is 2. The number of Topliss-reactive ketones (excluding diaryl/α,β-unsaturated/α-hetero) is 1. The van der Waals surface area contributed by atoms with Gasteiger partial charge in [-0.25, -0.2) is 0 Å². The van der Waals surface area contributed by atoms with Crippen molar-refractivity contribution in [3.05, 3.63) is 49.7 Å².